The second-order valence-electron chi connectivity index (χ2n) is 4.27. The fourth-order valence-electron chi connectivity index (χ4n) is 1.91. The van der Waals surface area contributed by atoms with Gasteiger partial charge in [0.1, 0.15) is 0 Å². The van der Waals surface area contributed by atoms with Gasteiger partial charge in [0.25, 0.3) is 0 Å². The average Bonchev–Trinajstić information content (AvgIpc) is 2.29. The molecule has 90 valence electrons. The zero-order chi connectivity index (χ0) is 11.8. The van der Waals surface area contributed by atoms with Gasteiger partial charge in [-0.3, -0.25) is 4.79 Å². The van der Waals surface area contributed by atoms with Gasteiger partial charge in [0, 0.05) is 6.61 Å². The van der Waals surface area contributed by atoms with Gasteiger partial charge in [-0.2, -0.15) is 0 Å². The molecular formula is C13H21NO2. The number of carbonyl (C=O) groups is 1. The number of rotatable bonds is 5. The minimum absolute atomic E-state index is 0.0169. The van der Waals surface area contributed by atoms with Crippen LogP contribution in [0.25, 0.3) is 0 Å². The molecule has 2 atom stereocenters. The molecule has 0 radical (unpaired) electrons. The SMILES string of the molecule is C#CC(CCC)NC(=O)CC1CCCCO1. The first-order valence-corrected chi connectivity index (χ1v) is 6.13. The van der Waals surface area contributed by atoms with Gasteiger partial charge in [0.15, 0.2) is 0 Å². The molecule has 3 heteroatoms. The maximum absolute atomic E-state index is 11.7. The number of carbonyl (C=O) groups excluding carboxylic acids is 1. The summed E-state index contributed by atoms with van der Waals surface area (Å²) < 4.78 is 5.51. The Labute approximate surface area is 97.9 Å². The highest BCUT2D eigenvalue weighted by Gasteiger charge is 2.18. The molecule has 16 heavy (non-hydrogen) atoms. The van der Waals surface area contributed by atoms with Crippen LogP contribution in [-0.2, 0) is 9.53 Å². The van der Waals surface area contributed by atoms with Crippen molar-refractivity contribution in [2.45, 2.75) is 57.6 Å². The first kappa shape index (κ1) is 13.1. The maximum Gasteiger partial charge on any atom is 0.223 e. The molecule has 1 aliphatic rings. The van der Waals surface area contributed by atoms with E-state index in [1.165, 1.54) is 0 Å². The van der Waals surface area contributed by atoms with Crippen LogP contribution in [0.5, 0.6) is 0 Å². The third-order valence-electron chi connectivity index (χ3n) is 2.80. The van der Waals surface area contributed by atoms with Crippen molar-refractivity contribution in [1.29, 1.82) is 0 Å². The highest BCUT2D eigenvalue weighted by Crippen LogP contribution is 2.15. The lowest BCUT2D eigenvalue weighted by molar-refractivity contribution is -0.125. The normalized spacial score (nSPS) is 22.1. The fraction of sp³-hybridized carbons (Fsp3) is 0.769. The van der Waals surface area contributed by atoms with E-state index in [1.807, 2.05) is 0 Å². The zero-order valence-corrected chi connectivity index (χ0v) is 10.00. The number of amides is 1. The lowest BCUT2D eigenvalue weighted by Gasteiger charge is -2.22. The van der Waals surface area contributed by atoms with E-state index in [4.69, 9.17) is 11.2 Å². The average molecular weight is 223 g/mol. The van der Waals surface area contributed by atoms with E-state index in [0.29, 0.717) is 6.42 Å². The number of nitrogens with one attached hydrogen (secondary N) is 1. The summed E-state index contributed by atoms with van der Waals surface area (Å²) in [7, 11) is 0. The van der Waals surface area contributed by atoms with Crippen LogP contribution in [0.4, 0.5) is 0 Å². The molecule has 0 saturated carbocycles. The van der Waals surface area contributed by atoms with E-state index in [0.717, 1.165) is 38.7 Å². The van der Waals surface area contributed by atoms with Crippen LogP contribution in [0.2, 0.25) is 0 Å². The molecule has 1 N–H and O–H groups in total. The first-order valence-electron chi connectivity index (χ1n) is 6.13. The predicted octanol–water partition coefficient (Wildman–Crippen LogP) is 1.86. The molecule has 0 aromatic heterocycles. The Kier molecular flexibility index (Phi) is 5.95. The van der Waals surface area contributed by atoms with E-state index < -0.39 is 0 Å². The molecule has 1 amide bonds. The van der Waals surface area contributed by atoms with Crippen molar-refractivity contribution < 1.29 is 9.53 Å². The van der Waals surface area contributed by atoms with Gasteiger partial charge < -0.3 is 10.1 Å². The first-order chi connectivity index (χ1) is 7.76. The van der Waals surface area contributed by atoms with Crippen molar-refractivity contribution in [2.24, 2.45) is 0 Å². The highest BCUT2D eigenvalue weighted by molar-refractivity contribution is 5.77. The van der Waals surface area contributed by atoms with Crippen molar-refractivity contribution in [2.75, 3.05) is 6.61 Å². The highest BCUT2D eigenvalue weighted by atomic mass is 16.5. The zero-order valence-electron chi connectivity index (χ0n) is 10.00. The summed E-state index contributed by atoms with van der Waals surface area (Å²) in [4.78, 5) is 11.7. The number of ether oxygens (including phenoxy) is 1. The number of hydrogen-bond donors (Lipinski definition) is 1. The molecule has 2 unspecified atom stereocenters. The topological polar surface area (TPSA) is 38.3 Å². The van der Waals surface area contributed by atoms with Crippen molar-refractivity contribution in [1.82, 2.24) is 5.32 Å². The van der Waals surface area contributed by atoms with Crippen molar-refractivity contribution in [3.8, 4) is 12.3 Å². The van der Waals surface area contributed by atoms with E-state index in [2.05, 4.69) is 18.2 Å². The third-order valence-corrected chi connectivity index (χ3v) is 2.80. The minimum atomic E-state index is -0.124. The molecule has 0 aromatic rings. The molecule has 1 heterocycles. The molecule has 0 spiro atoms. The summed E-state index contributed by atoms with van der Waals surface area (Å²) >= 11 is 0. The number of hydrogen-bond acceptors (Lipinski definition) is 2. The largest absolute Gasteiger partial charge is 0.378 e. The monoisotopic (exact) mass is 223 g/mol. The lowest BCUT2D eigenvalue weighted by atomic mass is 10.1. The molecule has 1 aliphatic heterocycles. The van der Waals surface area contributed by atoms with Crippen LogP contribution in [0.15, 0.2) is 0 Å². The van der Waals surface area contributed by atoms with Crippen LogP contribution >= 0.6 is 0 Å². The van der Waals surface area contributed by atoms with Gasteiger partial charge >= 0.3 is 0 Å². The summed E-state index contributed by atoms with van der Waals surface area (Å²) in [6.07, 6.45) is 11.0. The van der Waals surface area contributed by atoms with Gasteiger partial charge in [-0.1, -0.05) is 19.3 Å². The smallest absolute Gasteiger partial charge is 0.223 e. The molecule has 1 rings (SSSR count). The molecule has 3 nitrogen and oxygen atoms in total. The van der Waals surface area contributed by atoms with E-state index in [-0.39, 0.29) is 18.1 Å². The minimum Gasteiger partial charge on any atom is -0.378 e. The van der Waals surface area contributed by atoms with Gasteiger partial charge in [-0.25, -0.2) is 0 Å². The Hall–Kier alpha value is -1.01. The van der Waals surface area contributed by atoms with Crippen LogP contribution < -0.4 is 5.32 Å². The summed E-state index contributed by atoms with van der Waals surface area (Å²) in [5.41, 5.74) is 0. The van der Waals surface area contributed by atoms with Crippen LogP contribution in [0.1, 0.15) is 45.4 Å². The summed E-state index contributed by atoms with van der Waals surface area (Å²) in [6.45, 7) is 2.84. The quantitative estimate of drug-likeness (QED) is 0.722. The van der Waals surface area contributed by atoms with E-state index >= 15 is 0 Å². The summed E-state index contributed by atoms with van der Waals surface area (Å²) in [6, 6.07) is -0.124. The van der Waals surface area contributed by atoms with Crippen LogP contribution in [-0.4, -0.2) is 24.7 Å². The second kappa shape index (κ2) is 7.29. The molecule has 0 aromatic carbocycles. The molecule has 1 fully saturated rings. The Balaban J connectivity index is 2.26. The molecular weight excluding hydrogens is 202 g/mol. The van der Waals surface area contributed by atoms with Gasteiger partial charge in [-0.05, 0) is 25.7 Å². The van der Waals surface area contributed by atoms with Crippen LogP contribution in [0.3, 0.4) is 0 Å². The standard InChI is InChI=1S/C13H21NO2/c1-3-7-11(4-2)14-13(15)10-12-8-5-6-9-16-12/h2,11-12H,3,5-10H2,1H3,(H,14,15). The summed E-state index contributed by atoms with van der Waals surface area (Å²) in [5.74, 6) is 2.62. The Morgan fingerprint density at radius 3 is 3.00 bits per heavy atom. The van der Waals surface area contributed by atoms with E-state index in [1.54, 1.807) is 0 Å². The Morgan fingerprint density at radius 1 is 1.62 bits per heavy atom. The van der Waals surface area contributed by atoms with Crippen LogP contribution in [0, 0.1) is 12.3 Å². The Morgan fingerprint density at radius 2 is 2.44 bits per heavy atom. The van der Waals surface area contributed by atoms with Gasteiger partial charge in [-0.15, -0.1) is 6.42 Å². The maximum atomic E-state index is 11.7. The second-order valence-corrected chi connectivity index (χ2v) is 4.27. The van der Waals surface area contributed by atoms with Crippen molar-refractivity contribution in [3.05, 3.63) is 0 Å². The van der Waals surface area contributed by atoms with E-state index in [9.17, 15) is 4.79 Å². The summed E-state index contributed by atoms with van der Waals surface area (Å²) in [5, 5.41) is 2.86. The van der Waals surface area contributed by atoms with Crippen molar-refractivity contribution >= 4 is 5.91 Å². The van der Waals surface area contributed by atoms with Crippen molar-refractivity contribution in [3.63, 3.8) is 0 Å². The Bertz CT molecular complexity index is 251. The third kappa shape index (κ3) is 4.67. The fourth-order valence-corrected chi connectivity index (χ4v) is 1.91. The van der Waals surface area contributed by atoms with Gasteiger partial charge in [0.2, 0.25) is 5.91 Å². The molecule has 0 aliphatic carbocycles. The van der Waals surface area contributed by atoms with Gasteiger partial charge in [0.05, 0.1) is 18.6 Å². The number of terminal acetylenes is 1. The predicted molar refractivity (Wildman–Crippen MR) is 63.9 cm³/mol. The molecule has 1 saturated heterocycles. The molecule has 0 bridgehead atoms. The lowest BCUT2D eigenvalue weighted by Crippen LogP contribution is -2.36.